The summed E-state index contributed by atoms with van der Waals surface area (Å²) < 4.78 is 5.92. The summed E-state index contributed by atoms with van der Waals surface area (Å²) in [6.07, 6.45) is 40.8. The molecule has 0 aromatic heterocycles. The van der Waals surface area contributed by atoms with Crippen LogP contribution in [-0.2, 0) is 14.3 Å². The molecule has 0 aliphatic heterocycles. The minimum atomic E-state index is -0.723. The quantitative estimate of drug-likeness (QED) is 0.0458. The molecular weight excluding hydrogens is 520 g/mol. The Bertz CT molecular complexity index is 600. The van der Waals surface area contributed by atoms with E-state index in [9.17, 15) is 9.59 Å². The molecule has 0 aromatic carbocycles. The summed E-state index contributed by atoms with van der Waals surface area (Å²) in [5.74, 6) is -0.759. The van der Waals surface area contributed by atoms with Crippen LogP contribution in [0.1, 0.15) is 213 Å². The van der Waals surface area contributed by atoms with Crippen molar-refractivity contribution in [1.29, 1.82) is 0 Å². The maximum absolute atomic E-state index is 12.6. The van der Waals surface area contributed by atoms with Crippen molar-refractivity contribution in [2.45, 2.75) is 219 Å². The van der Waals surface area contributed by atoms with Gasteiger partial charge in [0.25, 0.3) is 0 Å². The molecule has 248 valence electrons. The molecule has 0 spiro atoms. The average molecular weight is 593 g/mol. The van der Waals surface area contributed by atoms with Gasteiger partial charge in [-0.3, -0.25) is 9.59 Å². The van der Waals surface area contributed by atoms with Gasteiger partial charge in [0.05, 0.1) is 0 Å². The molecule has 0 saturated heterocycles. The summed E-state index contributed by atoms with van der Waals surface area (Å²) >= 11 is 0. The van der Waals surface area contributed by atoms with Gasteiger partial charge in [-0.25, -0.2) is 0 Å². The van der Waals surface area contributed by atoms with E-state index >= 15 is 0 Å². The van der Waals surface area contributed by atoms with Crippen LogP contribution in [0.5, 0.6) is 0 Å². The minimum absolute atomic E-state index is 0.00372. The first-order chi connectivity index (χ1) is 20.6. The lowest BCUT2D eigenvalue weighted by Gasteiger charge is -2.18. The second-order valence-electron chi connectivity index (χ2n) is 12.8. The Kier molecular flexibility index (Phi) is 33.1. The predicted molar refractivity (Wildman–Crippen MR) is 181 cm³/mol. The highest BCUT2D eigenvalue weighted by Gasteiger charge is 2.14. The first-order valence-corrected chi connectivity index (χ1v) is 18.7. The zero-order valence-corrected chi connectivity index (χ0v) is 28.3. The summed E-state index contributed by atoms with van der Waals surface area (Å²) in [5.41, 5.74) is 0. The van der Waals surface area contributed by atoms with Crippen LogP contribution in [0.15, 0.2) is 12.2 Å². The van der Waals surface area contributed by atoms with Gasteiger partial charge >= 0.3 is 11.9 Å². The number of allylic oxidation sites excluding steroid dienone is 2. The summed E-state index contributed by atoms with van der Waals surface area (Å²) in [4.78, 5) is 23.3. The highest BCUT2D eigenvalue weighted by atomic mass is 16.5. The van der Waals surface area contributed by atoms with E-state index in [0.29, 0.717) is 12.8 Å². The molecule has 0 aliphatic carbocycles. The fourth-order valence-corrected chi connectivity index (χ4v) is 5.71. The van der Waals surface area contributed by atoms with Gasteiger partial charge in [-0.1, -0.05) is 148 Å². The molecule has 4 nitrogen and oxygen atoms in total. The van der Waals surface area contributed by atoms with E-state index in [4.69, 9.17) is 9.84 Å². The molecule has 0 aliphatic rings. The zero-order chi connectivity index (χ0) is 30.8. The van der Waals surface area contributed by atoms with Crippen molar-refractivity contribution in [3.05, 3.63) is 12.2 Å². The number of ether oxygens (including phenoxy) is 1. The molecule has 4 heteroatoms. The third kappa shape index (κ3) is 33.2. The number of esters is 1. The number of carbonyl (C=O) groups excluding carboxylic acids is 1. The van der Waals surface area contributed by atoms with Crippen molar-refractivity contribution in [2.24, 2.45) is 0 Å². The number of carboxylic acid groups (broad SMARTS) is 1. The second kappa shape index (κ2) is 34.2. The van der Waals surface area contributed by atoms with Gasteiger partial charge in [0.2, 0.25) is 0 Å². The van der Waals surface area contributed by atoms with Gasteiger partial charge in [-0.2, -0.15) is 0 Å². The number of hydrogen-bond acceptors (Lipinski definition) is 3. The number of carbonyl (C=O) groups is 2. The molecule has 0 aromatic rings. The van der Waals surface area contributed by atoms with Gasteiger partial charge in [-0.15, -0.1) is 0 Å². The van der Waals surface area contributed by atoms with E-state index in [2.05, 4.69) is 26.0 Å². The molecule has 0 rings (SSSR count). The number of carboxylic acids is 1. The largest absolute Gasteiger partial charge is 0.481 e. The average Bonchev–Trinajstić information content (AvgIpc) is 2.97. The van der Waals surface area contributed by atoms with Gasteiger partial charge in [-0.05, 0) is 64.2 Å². The molecule has 0 radical (unpaired) electrons. The van der Waals surface area contributed by atoms with Crippen LogP contribution in [0.3, 0.4) is 0 Å². The van der Waals surface area contributed by atoms with Crippen LogP contribution in [0.25, 0.3) is 0 Å². The van der Waals surface area contributed by atoms with Gasteiger partial charge < -0.3 is 9.84 Å². The van der Waals surface area contributed by atoms with Crippen LogP contribution >= 0.6 is 0 Å². The van der Waals surface area contributed by atoms with Crippen molar-refractivity contribution in [2.75, 3.05) is 0 Å². The van der Waals surface area contributed by atoms with Gasteiger partial charge in [0.15, 0.2) is 0 Å². The van der Waals surface area contributed by atoms with E-state index < -0.39 is 5.97 Å². The first kappa shape index (κ1) is 40.7. The van der Waals surface area contributed by atoms with E-state index in [1.807, 2.05) is 0 Å². The molecule has 42 heavy (non-hydrogen) atoms. The maximum Gasteiger partial charge on any atom is 0.306 e. The summed E-state index contributed by atoms with van der Waals surface area (Å²) in [6.45, 7) is 4.54. The lowest BCUT2D eigenvalue weighted by Crippen LogP contribution is -2.18. The molecule has 0 saturated carbocycles. The fourth-order valence-electron chi connectivity index (χ4n) is 5.71. The van der Waals surface area contributed by atoms with Crippen molar-refractivity contribution >= 4 is 11.9 Å². The molecule has 0 heterocycles. The van der Waals surface area contributed by atoms with Gasteiger partial charge in [0, 0.05) is 12.8 Å². The lowest BCUT2D eigenvalue weighted by molar-refractivity contribution is -0.150. The zero-order valence-electron chi connectivity index (χ0n) is 28.3. The summed E-state index contributed by atoms with van der Waals surface area (Å²) in [5, 5.41) is 8.87. The Hall–Kier alpha value is -1.32. The normalized spacial score (nSPS) is 12.2. The molecule has 1 unspecified atom stereocenters. The van der Waals surface area contributed by atoms with E-state index in [1.165, 1.54) is 135 Å². The van der Waals surface area contributed by atoms with Crippen molar-refractivity contribution < 1.29 is 19.4 Å². The van der Waals surface area contributed by atoms with Crippen LogP contribution in [0.4, 0.5) is 0 Å². The van der Waals surface area contributed by atoms with Crippen LogP contribution in [0, 0.1) is 0 Å². The van der Waals surface area contributed by atoms with Crippen molar-refractivity contribution in [3.63, 3.8) is 0 Å². The Morgan fingerprint density at radius 2 is 0.857 bits per heavy atom. The van der Waals surface area contributed by atoms with Crippen molar-refractivity contribution in [1.82, 2.24) is 0 Å². The Labute approximate surface area is 262 Å². The molecule has 1 N–H and O–H groups in total. The second-order valence-corrected chi connectivity index (χ2v) is 12.8. The van der Waals surface area contributed by atoms with Gasteiger partial charge in [0.1, 0.15) is 6.10 Å². The lowest BCUT2D eigenvalue weighted by atomic mass is 10.0. The Morgan fingerprint density at radius 3 is 1.31 bits per heavy atom. The smallest absolute Gasteiger partial charge is 0.306 e. The predicted octanol–water partition coefficient (Wildman–Crippen LogP) is 12.7. The standard InChI is InChI=1S/C38H72O4/c1-3-5-7-9-11-13-15-16-17-18-20-22-24-26-31-35-38(41)42-36(33-29-27-30-34-37(39)40)32-28-25-23-21-19-14-12-10-8-6-4-2/h16-17,36H,3-15,18-35H2,1-2H3,(H,39,40)/b17-16-. The molecule has 0 fully saturated rings. The van der Waals surface area contributed by atoms with Crippen LogP contribution in [-0.4, -0.2) is 23.1 Å². The highest BCUT2D eigenvalue weighted by Crippen LogP contribution is 2.18. The van der Waals surface area contributed by atoms with E-state index in [1.54, 1.807) is 0 Å². The summed E-state index contributed by atoms with van der Waals surface area (Å²) in [6, 6.07) is 0. The number of unbranched alkanes of at least 4 members (excludes halogenated alkanes) is 23. The van der Waals surface area contributed by atoms with Crippen LogP contribution in [0.2, 0.25) is 0 Å². The Balaban J connectivity index is 3.94. The van der Waals surface area contributed by atoms with E-state index in [0.717, 1.165) is 44.9 Å². The van der Waals surface area contributed by atoms with Crippen molar-refractivity contribution in [3.8, 4) is 0 Å². The maximum atomic E-state index is 12.6. The minimum Gasteiger partial charge on any atom is -0.481 e. The number of aliphatic carboxylic acids is 1. The Morgan fingerprint density at radius 1 is 0.500 bits per heavy atom. The number of rotatable bonds is 34. The third-order valence-electron chi connectivity index (χ3n) is 8.49. The first-order valence-electron chi connectivity index (χ1n) is 18.7. The van der Waals surface area contributed by atoms with E-state index in [-0.39, 0.29) is 18.5 Å². The van der Waals surface area contributed by atoms with Crippen LogP contribution < -0.4 is 0 Å². The molecule has 0 amide bonds. The molecular formula is C38H72O4. The molecule has 1 atom stereocenters. The topological polar surface area (TPSA) is 63.6 Å². The highest BCUT2D eigenvalue weighted by molar-refractivity contribution is 5.69. The number of hydrogen-bond donors (Lipinski definition) is 1. The summed E-state index contributed by atoms with van der Waals surface area (Å²) in [7, 11) is 0. The fraction of sp³-hybridized carbons (Fsp3) is 0.895. The molecule has 0 bridgehead atoms. The third-order valence-corrected chi connectivity index (χ3v) is 8.49. The SMILES string of the molecule is CCCCCCCC/C=C\CCCCCCCC(=O)OC(CCCCCCCCCCCCC)CCCCCC(=O)O. The monoisotopic (exact) mass is 593 g/mol.